The van der Waals surface area contributed by atoms with Gasteiger partial charge in [-0.3, -0.25) is 33.6 Å². The molecule has 9 N–H and O–H groups in total. The first-order chi connectivity index (χ1) is 45.2. The number of quaternary nitrogens is 1. The zero-order valence-corrected chi connectivity index (χ0v) is 57.5. The molecule has 25 nitrogen and oxygen atoms in total. The molecule has 1 aromatic heterocycles. The molecule has 96 heavy (non-hydrogen) atoms. The van der Waals surface area contributed by atoms with Gasteiger partial charge >= 0.3 is 17.8 Å². The summed E-state index contributed by atoms with van der Waals surface area (Å²) >= 11 is 0. The van der Waals surface area contributed by atoms with Gasteiger partial charge < -0.3 is 79.6 Å². The fraction of sp³-hybridized carbons (Fsp3) is 0.507. The Morgan fingerprint density at radius 3 is 2.25 bits per heavy atom. The van der Waals surface area contributed by atoms with Crippen molar-refractivity contribution in [1.29, 1.82) is 0 Å². The van der Waals surface area contributed by atoms with Gasteiger partial charge in [-0.1, -0.05) is 78.8 Å². The highest BCUT2D eigenvalue weighted by Gasteiger charge is 2.44. The summed E-state index contributed by atoms with van der Waals surface area (Å²) < 4.78 is 42.6. The fourth-order valence-corrected chi connectivity index (χ4v) is 12.4. The minimum Gasteiger partial charge on any atom is -0.507 e. The number of phenols is 1. The third kappa shape index (κ3) is 17.4. The second kappa shape index (κ2) is 31.8. The topological polar surface area (TPSA) is 353 Å². The van der Waals surface area contributed by atoms with Crippen LogP contribution >= 0.6 is 0 Å². The maximum absolute atomic E-state index is 15.1. The average Bonchev–Trinajstić information content (AvgIpc) is 1.38. The number of allylic oxidation sites excluding steroid dienone is 2. The van der Waals surface area contributed by atoms with Gasteiger partial charge in [0.05, 0.1) is 55.8 Å². The highest BCUT2D eigenvalue weighted by atomic mass is 16.7. The molecule has 0 radical (unpaired) electrons. The van der Waals surface area contributed by atoms with Gasteiger partial charge in [-0.25, -0.2) is 9.78 Å². The number of fused-ring (bicyclic) bond motifs is 5. The number of anilines is 2. The monoisotopic (exact) mass is 1330 g/mol. The van der Waals surface area contributed by atoms with Crippen LogP contribution in [0.2, 0.25) is 0 Å². The van der Waals surface area contributed by atoms with E-state index in [9.17, 15) is 48.9 Å². The van der Waals surface area contributed by atoms with Crippen LogP contribution < -0.4 is 52.6 Å². The van der Waals surface area contributed by atoms with E-state index in [-0.39, 0.29) is 135 Å². The number of aromatic hydroxyl groups is 1. The minimum atomic E-state index is -2.02. The summed E-state index contributed by atoms with van der Waals surface area (Å²) in [6.07, 6.45) is 5.92. The van der Waals surface area contributed by atoms with Crippen LogP contribution in [0.15, 0.2) is 86.5 Å². The van der Waals surface area contributed by atoms with E-state index in [2.05, 4.69) is 21.3 Å². The van der Waals surface area contributed by atoms with Crippen LogP contribution in [0, 0.1) is 48.3 Å². The van der Waals surface area contributed by atoms with Crippen LogP contribution in [0.4, 0.5) is 16.2 Å². The zero-order valence-electron chi connectivity index (χ0n) is 57.5. The highest BCUT2D eigenvalue weighted by molar-refractivity contribution is 6.17. The molecule has 11 atom stereocenters. The SMILES string of the molecule is COCCC(=O)N[C@H](C(=O)C[C@@H](CCCNC(N)=O)C(=O)Nc1ccc(C[N+](C)(C)CCOc2cc(=O)c3nc4c(oc3c2)c2c(=O)c3c(O)c(C)c5c(c34)=C(O)[C@@](C)(O/C=C/[C@H](OC)[C@@H](C)[C@@H](OC(C)=O)[C@H](C)[C@H](C)[C@H](C)[C@@H](O)[C@@H](C)/C=C/C=C(/C)C(=O)N2)O5)cc1)C(C)C. The number of carbonyl (C=O) groups excluding carboxylic acids is 6. The molecule has 0 spiro atoms. The van der Waals surface area contributed by atoms with Crippen LogP contribution in [0.25, 0.3) is 38.7 Å². The lowest BCUT2D eigenvalue weighted by atomic mass is 9.73. The van der Waals surface area contributed by atoms with Crippen LogP contribution in [-0.2, 0) is 49.5 Å². The molecular weight excluding hydrogens is 1240 g/mol. The van der Waals surface area contributed by atoms with E-state index >= 15 is 4.79 Å². The summed E-state index contributed by atoms with van der Waals surface area (Å²) in [6.45, 7) is 20.3. The molecule has 5 amide bonds. The van der Waals surface area contributed by atoms with E-state index in [0.717, 1.165) is 5.56 Å². The number of nitrogens with two attached hydrogens (primary N) is 1. The van der Waals surface area contributed by atoms with Crippen LogP contribution in [0.5, 0.6) is 17.2 Å². The van der Waals surface area contributed by atoms with Crippen molar-refractivity contribution >= 4 is 85.6 Å². The number of hydrogen-bond acceptors (Lipinski definition) is 19. The molecule has 0 aliphatic carbocycles. The van der Waals surface area contributed by atoms with Gasteiger partial charge in [-0.05, 0) is 68.6 Å². The lowest BCUT2D eigenvalue weighted by Gasteiger charge is -2.39. The average molecular weight is 1330 g/mol. The molecule has 7 rings (SSSR count). The van der Waals surface area contributed by atoms with Gasteiger partial charge in [0.25, 0.3) is 5.91 Å². The highest BCUT2D eigenvalue weighted by Crippen LogP contribution is 2.43. The molecule has 4 aromatic carbocycles. The number of phenolic OH excluding ortho intramolecular Hbond substituents is 1. The molecule has 2 aliphatic rings. The van der Waals surface area contributed by atoms with Gasteiger partial charge in [0.1, 0.15) is 54.3 Å². The van der Waals surface area contributed by atoms with E-state index in [0.29, 0.717) is 29.7 Å². The summed E-state index contributed by atoms with van der Waals surface area (Å²) in [6, 6.07) is 8.34. The molecule has 0 unspecified atom stereocenters. The number of benzene rings is 4. The van der Waals surface area contributed by atoms with Gasteiger partial charge in [0.15, 0.2) is 28.2 Å². The second-order valence-electron chi connectivity index (χ2n) is 26.6. The number of ether oxygens (including phenoxy) is 6. The molecule has 2 aliphatic heterocycles. The number of aliphatic hydroxyl groups excluding tert-OH is 2. The number of ketones is 1. The van der Waals surface area contributed by atoms with Crippen molar-refractivity contribution in [1.82, 2.24) is 15.6 Å². The van der Waals surface area contributed by atoms with E-state index in [1.165, 1.54) is 66.4 Å². The predicted molar refractivity (Wildman–Crippen MR) is 363 cm³/mol. The molecule has 5 bridgehead atoms. The van der Waals surface area contributed by atoms with Crippen molar-refractivity contribution in [3.05, 3.63) is 109 Å². The normalized spacial score (nSPS) is 23.7. The van der Waals surface area contributed by atoms with Crippen molar-refractivity contribution in [3.63, 3.8) is 0 Å². The number of aromatic nitrogens is 1. The van der Waals surface area contributed by atoms with Crippen molar-refractivity contribution in [2.24, 2.45) is 47.2 Å². The quantitative estimate of drug-likeness (QED) is 0.0108. The standard InChI is InChI=1S/C71H93N7O18/c1-36(2)57(75-53(82)26-29-90-14)49(80)32-46(20-17-27-73-70(72)89)69(88)74-47-23-21-45(22-24-47)35-78(12,13)28-31-92-48-33-50(81)58-52(34-48)95-66-59(76-58)54-55-62(84)43(9)65-56(54)67(86)71(11,96-65)93-30-25-51(91-15)42(8)64(94-44(10)79)41(7)39(5)40(6)61(83)37(3)18-16-19-38(4)68(87)77-60(66)63(55)85/h16,18-19,21-25,30,33-34,36-37,39-42,46,51,57,61,64,83H,17,20,26-29,31-32,35H2,1-15H3,(H7-,72,73,74,75,76,77,81,82,84,85,86,87,88,89)/p+1/b18-16+,30-25+,38-19-/t37-,39+,40-,41+,42+,46+,51-,57-,61-,64-,71-/m0/s1. The number of methoxy groups -OCH3 is 2. The van der Waals surface area contributed by atoms with Crippen LogP contribution in [0.3, 0.4) is 0 Å². The summed E-state index contributed by atoms with van der Waals surface area (Å²) in [4.78, 5) is 112. The Labute approximate surface area is 558 Å². The first kappa shape index (κ1) is 74.5. The number of nitrogens with one attached hydrogen (secondary N) is 4. The third-order valence-electron chi connectivity index (χ3n) is 18.5. The van der Waals surface area contributed by atoms with E-state index < -0.39 is 99.8 Å². The summed E-state index contributed by atoms with van der Waals surface area (Å²) in [7, 11) is 6.92. The Morgan fingerprint density at radius 1 is 0.906 bits per heavy atom. The molecule has 5 aromatic rings. The molecule has 3 heterocycles. The number of amides is 5. The van der Waals surface area contributed by atoms with Crippen molar-refractivity contribution in [2.75, 3.05) is 65.3 Å². The minimum absolute atomic E-state index is 0.0220. The lowest BCUT2D eigenvalue weighted by Crippen LogP contribution is -2.45. The Hall–Kier alpha value is -8.91. The van der Waals surface area contributed by atoms with Gasteiger partial charge in [-0.15, -0.1) is 0 Å². The van der Waals surface area contributed by atoms with E-state index in [1.807, 2.05) is 74.7 Å². The summed E-state index contributed by atoms with van der Waals surface area (Å²) in [5.74, 6) is -8.23. The number of urea groups is 1. The number of primary amides is 1. The molecule has 0 saturated carbocycles. The Kier molecular flexibility index (Phi) is 24.6. The Bertz CT molecular complexity index is 4010. The molecule has 0 fully saturated rings. The molecule has 25 heteroatoms. The van der Waals surface area contributed by atoms with Crippen LogP contribution in [0.1, 0.15) is 106 Å². The summed E-state index contributed by atoms with van der Waals surface area (Å²) in [5.41, 5.74) is 3.85. The first-order valence-corrected chi connectivity index (χ1v) is 32.4. The van der Waals surface area contributed by atoms with Gasteiger partial charge in [0, 0.05) is 105 Å². The van der Waals surface area contributed by atoms with Gasteiger partial charge in [-0.2, -0.15) is 0 Å². The van der Waals surface area contributed by atoms with Crippen LogP contribution in [-0.4, -0.2) is 145 Å². The molecular formula is C71H94N7O18+. The Morgan fingerprint density at radius 2 is 1.60 bits per heavy atom. The Balaban J connectivity index is 1.19. The number of nitrogens with zero attached hydrogens (tertiary/aromatic N) is 2. The fourth-order valence-electron chi connectivity index (χ4n) is 12.4. The smallest absolute Gasteiger partial charge is 0.312 e. The van der Waals surface area contributed by atoms with Crippen molar-refractivity contribution in [3.8, 4) is 17.2 Å². The van der Waals surface area contributed by atoms with E-state index in [4.69, 9.17) is 43.6 Å². The second-order valence-corrected chi connectivity index (χ2v) is 26.6. The maximum Gasteiger partial charge on any atom is 0.312 e. The largest absolute Gasteiger partial charge is 0.507 e. The lowest BCUT2D eigenvalue weighted by molar-refractivity contribution is -0.903. The van der Waals surface area contributed by atoms with Crippen molar-refractivity contribution < 1.29 is 81.4 Å². The number of esters is 1. The first-order valence-electron chi connectivity index (χ1n) is 32.4. The van der Waals surface area contributed by atoms with E-state index in [1.54, 1.807) is 30.4 Å². The number of aliphatic hydroxyl groups is 2. The number of rotatable bonds is 22. The third-order valence-corrected chi connectivity index (χ3v) is 18.5. The molecule has 520 valence electrons. The summed E-state index contributed by atoms with van der Waals surface area (Å²) in [5, 5.41) is 46.3. The number of hydrogen-bond donors (Lipinski definition) is 8. The predicted octanol–water partition coefficient (Wildman–Crippen LogP) is 7.63. The zero-order chi connectivity index (χ0) is 70.8. The molecule has 0 saturated heterocycles. The van der Waals surface area contributed by atoms with Crippen molar-refractivity contribution in [2.45, 2.75) is 139 Å². The van der Waals surface area contributed by atoms with Gasteiger partial charge in [0.2, 0.25) is 22.7 Å². The maximum atomic E-state index is 15.1. The number of likely N-dealkylation sites (N-methyl/N-ethyl adjacent to an activating group) is 1. The number of Topliss-reactive ketones (excluding diaryl/α,β-unsaturated/α-hetero) is 1. The number of carbonyl (C=O) groups is 6.